The van der Waals surface area contributed by atoms with E-state index in [0.29, 0.717) is 0 Å². The minimum Gasteiger partial charge on any atom is -0.241 e. The van der Waals surface area contributed by atoms with Crippen molar-refractivity contribution in [1.29, 1.82) is 0 Å². The lowest BCUT2D eigenvalue weighted by Crippen LogP contribution is -2.11. The van der Waals surface area contributed by atoms with Crippen molar-refractivity contribution in [3.05, 3.63) is 146 Å². The Balaban J connectivity index is 1.60. The highest BCUT2D eigenvalue weighted by atomic mass is 32.3. The summed E-state index contributed by atoms with van der Waals surface area (Å²) in [6.45, 7) is 0. The molecule has 0 aliphatic rings. The fourth-order valence-corrected chi connectivity index (χ4v) is 10.9. The Kier molecular flexibility index (Phi) is 5.67. The molecular formula is C34H25O3S2+. The van der Waals surface area contributed by atoms with E-state index in [1.54, 1.807) is 6.07 Å². The van der Waals surface area contributed by atoms with E-state index in [1.807, 2.05) is 115 Å². The van der Waals surface area contributed by atoms with Crippen LogP contribution in [0, 0.1) is 0 Å². The van der Waals surface area contributed by atoms with Crippen molar-refractivity contribution in [3.63, 3.8) is 0 Å². The second kappa shape index (κ2) is 9.24. The van der Waals surface area contributed by atoms with E-state index in [4.69, 9.17) is 3.29 Å². The summed E-state index contributed by atoms with van der Waals surface area (Å²) in [5, 5.41) is 6.04. The van der Waals surface area contributed by atoms with Gasteiger partial charge in [-0.2, -0.15) is 0 Å². The van der Waals surface area contributed by atoms with E-state index in [0.717, 1.165) is 47.0 Å². The lowest BCUT2D eigenvalue weighted by molar-refractivity contribution is 0.353. The van der Waals surface area contributed by atoms with Gasteiger partial charge in [-0.25, -0.2) is 4.55 Å². The summed E-state index contributed by atoms with van der Waals surface area (Å²) in [5.74, 6) is 0. The van der Waals surface area contributed by atoms with E-state index in [1.165, 1.54) is 0 Å². The summed E-state index contributed by atoms with van der Waals surface area (Å²) in [5.41, 5.74) is 0. The van der Waals surface area contributed by atoms with Crippen molar-refractivity contribution in [1.82, 2.24) is 0 Å². The Labute approximate surface area is 229 Å². The Morgan fingerprint density at radius 1 is 0.462 bits per heavy atom. The molecular weight excluding hydrogens is 521 g/mol. The third kappa shape index (κ3) is 3.81. The molecule has 0 saturated heterocycles. The molecule has 1 unspecified atom stereocenters. The molecule has 3 nitrogen and oxygen atoms in total. The van der Waals surface area contributed by atoms with Crippen LogP contribution in [0.3, 0.4) is 0 Å². The zero-order valence-corrected chi connectivity index (χ0v) is 22.6. The predicted molar refractivity (Wildman–Crippen MR) is 162 cm³/mol. The van der Waals surface area contributed by atoms with E-state index >= 15 is 0 Å². The van der Waals surface area contributed by atoms with Crippen LogP contribution >= 0.6 is 10.3 Å². The van der Waals surface area contributed by atoms with Gasteiger partial charge in [0.05, 0.1) is 14.7 Å². The average Bonchev–Trinajstić information content (AvgIpc) is 3.00. The van der Waals surface area contributed by atoms with Crippen molar-refractivity contribution in [2.45, 2.75) is 19.6 Å². The van der Waals surface area contributed by atoms with Crippen LogP contribution in [-0.2, 0) is 13.4 Å². The highest BCUT2D eigenvalue weighted by Gasteiger charge is 2.46. The molecule has 5 heteroatoms. The monoisotopic (exact) mass is 545 g/mol. The van der Waals surface area contributed by atoms with Crippen LogP contribution < -0.4 is 0 Å². The van der Waals surface area contributed by atoms with Crippen molar-refractivity contribution in [3.8, 4) is 0 Å². The second-order valence-corrected chi connectivity index (χ2v) is 13.9. The summed E-state index contributed by atoms with van der Waals surface area (Å²) in [6.07, 6.45) is 0. The molecule has 190 valence electrons. The Hall–Kier alpha value is -4.16. The van der Waals surface area contributed by atoms with Crippen LogP contribution in [0.2, 0.25) is 0 Å². The van der Waals surface area contributed by atoms with E-state index in [2.05, 4.69) is 24.3 Å². The lowest BCUT2D eigenvalue weighted by Gasteiger charge is -2.25. The molecule has 0 saturated carbocycles. The first kappa shape index (κ1) is 23.9. The van der Waals surface area contributed by atoms with E-state index in [-0.39, 0.29) is 4.90 Å². The fourth-order valence-electron chi connectivity index (χ4n) is 5.47. The minimum atomic E-state index is -4.00. The largest absolute Gasteiger partial charge is 0.455 e. The van der Waals surface area contributed by atoms with Crippen molar-refractivity contribution in [2.75, 3.05) is 0 Å². The molecule has 1 atom stereocenters. The molecule has 0 radical (unpaired) electrons. The van der Waals surface area contributed by atoms with Crippen molar-refractivity contribution in [2.24, 2.45) is 0 Å². The van der Waals surface area contributed by atoms with Crippen LogP contribution in [0.5, 0.6) is 0 Å². The second-order valence-electron chi connectivity index (χ2n) is 9.46. The van der Waals surface area contributed by atoms with Crippen LogP contribution in [0.4, 0.5) is 0 Å². The van der Waals surface area contributed by atoms with Gasteiger partial charge in [-0.3, -0.25) is 0 Å². The van der Waals surface area contributed by atoms with Gasteiger partial charge in [-0.05, 0) is 69.4 Å². The maximum Gasteiger partial charge on any atom is 0.455 e. The van der Waals surface area contributed by atoms with Crippen LogP contribution in [0.25, 0.3) is 32.3 Å². The first-order valence-electron chi connectivity index (χ1n) is 12.7. The normalized spacial score (nSPS) is 14.0. The van der Waals surface area contributed by atoms with Crippen LogP contribution in [0.15, 0.2) is 165 Å². The van der Waals surface area contributed by atoms with Gasteiger partial charge < -0.3 is 0 Å². The molecule has 7 rings (SSSR count). The number of hydrogen-bond acceptors (Lipinski definition) is 1. The summed E-state index contributed by atoms with van der Waals surface area (Å²) in [7, 11) is -6.59. The highest BCUT2D eigenvalue weighted by Crippen LogP contribution is 2.68. The molecule has 1 N–H and O–H groups in total. The fraction of sp³-hybridized carbons (Fsp3) is 0. The molecule has 7 aromatic rings. The molecule has 0 heterocycles. The Morgan fingerprint density at radius 3 is 1.41 bits per heavy atom. The Morgan fingerprint density at radius 2 is 0.897 bits per heavy atom. The summed E-state index contributed by atoms with van der Waals surface area (Å²) >= 11 is 0. The van der Waals surface area contributed by atoms with Crippen LogP contribution in [0.1, 0.15) is 0 Å². The standard InChI is InChI=1S/C34H24O3S2/c35-39(36,32-24-22-27-20-19-25-11-10-12-26-21-23-31(32)34(27)33(25)26)37-38(28-13-4-1-5-14-28,29-15-6-2-7-16-29)30-17-8-3-9-18-30/h1-24H/p+1. The first-order chi connectivity index (χ1) is 19.1. The summed E-state index contributed by atoms with van der Waals surface area (Å²) in [4.78, 5) is 2.83. The molecule has 7 aromatic carbocycles. The molecule has 0 aromatic heterocycles. The van der Waals surface area contributed by atoms with Gasteiger partial charge in [0.15, 0.2) is 15.2 Å². The zero-order chi connectivity index (χ0) is 26.5. The smallest absolute Gasteiger partial charge is 0.241 e. The summed E-state index contributed by atoms with van der Waals surface area (Å²) in [6, 6.07) is 47.4. The first-order valence-corrected chi connectivity index (χ1v) is 15.7. The third-order valence-corrected chi connectivity index (χ3v) is 12.5. The number of rotatable bonds is 5. The maximum absolute atomic E-state index is 14.6. The molecule has 0 aliphatic heterocycles. The lowest BCUT2D eigenvalue weighted by atomic mass is 9.94. The average molecular weight is 546 g/mol. The number of hydrogen-bond donors (Lipinski definition) is 1. The summed E-state index contributed by atoms with van der Waals surface area (Å²) < 4.78 is 33.3. The van der Waals surface area contributed by atoms with Crippen molar-refractivity contribution < 1.29 is 12.0 Å². The molecule has 39 heavy (non-hydrogen) atoms. The topological polar surface area (TPSA) is 48.6 Å². The van der Waals surface area contributed by atoms with Crippen LogP contribution in [-0.4, -0.2) is 8.76 Å². The maximum atomic E-state index is 14.6. The highest BCUT2D eigenvalue weighted by molar-refractivity contribution is 8.30. The molecule has 0 spiro atoms. The van der Waals surface area contributed by atoms with Crippen molar-refractivity contribution >= 4 is 52.7 Å². The zero-order valence-electron chi connectivity index (χ0n) is 20.9. The third-order valence-electron chi connectivity index (χ3n) is 7.19. The molecule has 0 bridgehead atoms. The predicted octanol–water partition coefficient (Wildman–Crippen LogP) is 9.48. The van der Waals surface area contributed by atoms with Gasteiger partial charge in [0.1, 0.15) is 0 Å². The quantitative estimate of drug-likeness (QED) is 0.133. The van der Waals surface area contributed by atoms with Gasteiger partial charge >= 0.3 is 10.1 Å². The molecule has 0 fully saturated rings. The number of benzene rings is 7. The van der Waals surface area contributed by atoms with Gasteiger partial charge in [0, 0.05) is 5.39 Å². The van der Waals surface area contributed by atoms with Gasteiger partial charge in [-0.1, -0.05) is 103 Å². The Bertz CT molecular complexity index is 1950. The van der Waals surface area contributed by atoms with Gasteiger partial charge in [-0.15, -0.1) is 7.49 Å². The van der Waals surface area contributed by atoms with E-state index in [9.17, 15) is 8.76 Å². The molecule has 0 aliphatic carbocycles. The van der Waals surface area contributed by atoms with E-state index < -0.39 is 20.4 Å². The minimum absolute atomic E-state index is 0.285. The van der Waals surface area contributed by atoms with Gasteiger partial charge in [0.2, 0.25) is 0 Å². The van der Waals surface area contributed by atoms with Gasteiger partial charge in [0.25, 0.3) is 0 Å². The molecule has 0 amide bonds. The SMILES string of the molecule is O=S(O)(=[O+]S(c1ccccc1)(c1ccccc1)c1ccccc1)c1ccc2ccc3cccc4ccc1c2c34.